The molecule has 0 aliphatic carbocycles. The fourth-order valence-corrected chi connectivity index (χ4v) is 2.79. The van der Waals surface area contributed by atoms with Gasteiger partial charge in [-0.3, -0.25) is 4.79 Å². The van der Waals surface area contributed by atoms with Crippen LogP contribution in [0.15, 0.2) is 42.5 Å². The minimum absolute atomic E-state index is 0.170. The first kappa shape index (κ1) is 16.2. The molecule has 24 heavy (non-hydrogen) atoms. The number of rotatable bonds is 3. The summed E-state index contributed by atoms with van der Waals surface area (Å²) in [5.41, 5.74) is 1.21. The van der Waals surface area contributed by atoms with Crippen LogP contribution in [0, 0.1) is 11.6 Å². The van der Waals surface area contributed by atoms with E-state index < -0.39 is 11.6 Å². The van der Waals surface area contributed by atoms with Gasteiger partial charge in [0.25, 0.3) is 5.91 Å². The second-order valence-electron chi connectivity index (χ2n) is 5.61. The molecule has 0 spiro atoms. The summed E-state index contributed by atoms with van der Waals surface area (Å²) in [5, 5.41) is 0. The van der Waals surface area contributed by atoms with E-state index in [0.29, 0.717) is 26.2 Å². The van der Waals surface area contributed by atoms with Crippen LogP contribution >= 0.6 is 0 Å². The Labute approximate surface area is 139 Å². The molecule has 2 aromatic rings. The summed E-state index contributed by atoms with van der Waals surface area (Å²) in [6.45, 7) is 2.38. The van der Waals surface area contributed by atoms with E-state index in [1.807, 2.05) is 24.3 Å². The van der Waals surface area contributed by atoms with Crippen molar-refractivity contribution < 1.29 is 18.3 Å². The molecule has 0 unspecified atom stereocenters. The van der Waals surface area contributed by atoms with Crippen molar-refractivity contribution in [1.29, 1.82) is 0 Å². The Kier molecular flexibility index (Phi) is 4.64. The fraction of sp³-hybridized carbons (Fsp3) is 0.278. The third-order valence-electron chi connectivity index (χ3n) is 4.15. The van der Waals surface area contributed by atoms with Crippen LogP contribution in [0.3, 0.4) is 0 Å². The number of amides is 1. The van der Waals surface area contributed by atoms with Gasteiger partial charge in [-0.15, -0.1) is 0 Å². The van der Waals surface area contributed by atoms with Crippen LogP contribution in [-0.4, -0.2) is 44.1 Å². The molecule has 0 radical (unpaired) electrons. The van der Waals surface area contributed by atoms with Crippen molar-refractivity contribution in [2.75, 3.05) is 38.2 Å². The second-order valence-corrected chi connectivity index (χ2v) is 5.61. The van der Waals surface area contributed by atoms with E-state index in [-0.39, 0.29) is 11.5 Å². The maximum atomic E-state index is 13.3. The Bertz CT molecular complexity index is 744. The number of carbonyl (C=O) groups is 1. The van der Waals surface area contributed by atoms with Crippen molar-refractivity contribution in [3.05, 3.63) is 59.7 Å². The predicted molar refractivity (Wildman–Crippen MR) is 87.5 cm³/mol. The summed E-state index contributed by atoms with van der Waals surface area (Å²) in [5.74, 6) is -1.45. The van der Waals surface area contributed by atoms with Crippen molar-refractivity contribution in [3.8, 4) is 5.75 Å². The van der Waals surface area contributed by atoms with E-state index >= 15 is 0 Å². The maximum Gasteiger partial charge on any atom is 0.254 e. The number of halogens is 2. The lowest BCUT2D eigenvalue weighted by atomic mass is 10.1. The molecule has 0 bridgehead atoms. The molecular weight excluding hydrogens is 314 g/mol. The van der Waals surface area contributed by atoms with Gasteiger partial charge in [0.2, 0.25) is 0 Å². The molecule has 6 heteroatoms. The predicted octanol–water partition coefficient (Wildman–Crippen LogP) is 2.94. The molecule has 1 amide bonds. The summed E-state index contributed by atoms with van der Waals surface area (Å²) >= 11 is 0. The molecular formula is C18H18F2N2O2. The molecule has 1 aliphatic rings. The largest absolute Gasteiger partial charge is 0.497 e. The summed E-state index contributed by atoms with van der Waals surface area (Å²) < 4.78 is 31.5. The van der Waals surface area contributed by atoms with E-state index in [0.717, 1.165) is 23.6 Å². The second kappa shape index (κ2) is 6.86. The fourth-order valence-electron chi connectivity index (χ4n) is 2.79. The summed E-state index contributed by atoms with van der Waals surface area (Å²) in [7, 11) is 1.62. The van der Waals surface area contributed by atoms with Crippen molar-refractivity contribution in [3.63, 3.8) is 0 Å². The smallest absolute Gasteiger partial charge is 0.254 e. The normalized spacial score (nSPS) is 14.6. The van der Waals surface area contributed by atoms with Gasteiger partial charge in [-0.05, 0) is 30.3 Å². The van der Waals surface area contributed by atoms with Gasteiger partial charge < -0.3 is 14.5 Å². The third kappa shape index (κ3) is 3.32. The molecule has 0 N–H and O–H groups in total. The SMILES string of the molecule is COc1cccc(N2CCN(C(=O)c3ccc(F)c(F)c3)CC2)c1. The Morgan fingerprint density at radius 1 is 1.00 bits per heavy atom. The lowest BCUT2D eigenvalue weighted by Crippen LogP contribution is -2.48. The number of anilines is 1. The molecule has 1 fully saturated rings. The maximum absolute atomic E-state index is 13.3. The standard InChI is InChI=1S/C18H18F2N2O2/c1-24-15-4-2-3-14(12-15)21-7-9-22(10-8-21)18(23)13-5-6-16(19)17(20)11-13/h2-6,11-12H,7-10H2,1H3. The molecule has 1 aliphatic heterocycles. The molecule has 0 saturated carbocycles. The Balaban J connectivity index is 1.65. The van der Waals surface area contributed by atoms with Gasteiger partial charge in [0.05, 0.1) is 7.11 Å². The van der Waals surface area contributed by atoms with Crippen molar-refractivity contribution in [1.82, 2.24) is 4.90 Å². The zero-order valence-corrected chi connectivity index (χ0v) is 13.3. The molecule has 1 heterocycles. The van der Waals surface area contributed by atoms with Crippen molar-refractivity contribution in [2.24, 2.45) is 0 Å². The van der Waals surface area contributed by atoms with Gasteiger partial charge in [-0.2, -0.15) is 0 Å². The van der Waals surface area contributed by atoms with Gasteiger partial charge in [0, 0.05) is 43.5 Å². The molecule has 1 saturated heterocycles. The van der Waals surface area contributed by atoms with Crippen LogP contribution in [0.5, 0.6) is 5.75 Å². The molecule has 4 nitrogen and oxygen atoms in total. The number of piperazine rings is 1. The molecule has 0 aromatic heterocycles. The average molecular weight is 332 g/mol. The zero-order valence-electron chi connectivity index (χ0n) is 13.3. The highest BCUT2D eigenvalue weighted by atomic mass is 19.2. The van der Waals surface area contributed by atoms with Crippen LogP contribution in [0.25, 0.3) is 0 Å². The molecule has 3 rings (SSSR count). The van der Waals surface area contributed by atoms with Gasteiger partial charge in [-0.25, -0.2) is 8.78 Å². The van der Waals surface area contributed by atoms with Crippen molar-refractivity contribution >= 4 is 11.6 Å². The van der Waals surface area contributed by atoms with E-state index in [1.165, 1.54) is 6.07 Å². The first-order valence-corrected chi connectivity index (χ1v) is 7.72. The number of benzene rings is 2. The van der Waals surface area contributed by atoms with E-state index in [4.69, 9.17) is 4.74 Å². The first-order chi connectivity index (χ1) is 11.6. The van der Waals surface area contributed by atoms with Crippen LogP contribution in [0.1, 0.15) is 10.4 Å². The Morgan fingerprint density at radius 3 is 2.42 bits per heavy atom. The van der Waals surface area contributed by atoms with Gasteiger partial charge in [0.15, 0.2) is 11.6 Å². The van der Waals surface area contributed by atoms with Crippen molar-refractivity contribution in [2.45, 2.75) is 0 Å². The average Bonchev–Trinajstić information content (AvgIpc) is 2.63. The number of methoxy groups -OCH3 is 1. The highest BCUT2D eigenvalue weighted by molar-refractivity contribution is 5.94. The summed E-state index contributed by atoms with van der Waals surface area (Å²) in [6, 6.07) is 11.0. The Hall–Kier alpha value is -2.63. The Morgan fingerprint density at radius 2 is 1.75 bits per heavy atom. The van der Waals surface area contributed by atoms with Crippen LogP contribution < -0.4 is 9.64 Å². The quantitative estimate of drug-likeness (QED) is 0.866. The number of carbonyl (C=O) groups excluding carboxylic acids is 1. The monoisotopic (exact) mass is 332 g/mol. The van der Waals surface area contributed by atoms with E-state index in [9.17, 15) is 13.6 Å². The first-order valence-electron chi connectivity index (χ1n) is 7.72. The van der Waals surface area contributed by atoms with Crippen LogP contribution in [-0.2, 0) is 0 Å². The van der Waals surface area contributed by atoms with Gasteiger partial charge >= 0.3 is 0 Å². The van der Waals surface area contributed by atoms with Crippen LogP contribution in [0.4, 0.5) is 14.5 Å². The summed E-state index contributed by atoms with van der Waals surface area (Å²) in [4.78, 5) is 16.2. The van der Waals surface area contributed by atoms with Gasteiger partial charge in [0.1, 0.15) is 5.75 Å². The highest BCUT2D eigenvalue weighted by Crippen LogP contribution is 2.22. The number of hydrogen-bond acceptors (Lipinski definition) is 3. The number of ether oxygens (including phenoxy) is 1. The zero-order chi connectivity index (χ0) is 17.1. The lowest BCUT2D eigenvalue weighted by molar-refractivity contribution is 0.0746. The topological polar surface area (TPSA) is 32.8 Å². The van der Waals surface area contributed by atoms with Gasteiger partial charge in [-0.1, -0.05) is 6.07 Å². The minimum Gasteiger partial charge on any atom is -0.497 e. The van der Waals surface area contributed by atoms with Crippen LogP contribution in [0.2, 0.25) is 0 Å². The number of hydrogen-bond donors (Lipinski definition) is 0. The van der Waals surface area contributed by atoms with E-state index in [1.54, 1.807) is 12.0 Å². The third-order valence-corrected chi connectivity index (χ3v) is 4.15. The number of nitrogens with zero attached hydrogens (tertiary/aromatic N) is 2. The molecule has 0 atom stereocenters. The lowest BCUT2D eigenvalue weighted by Gasteiger charge is -2.36. The molecule has 126 valence electrons. The molecule has 2 aromatic carbocycles. The summed E-state index contributed by atoms with van der Waals surface area (Å²) in [6.07, 6.45) is 0. The van der Waals surface area contributed by atoms with E-state index in [2.05, 4.69) is 4.90 Å². The highest BCUT2D eigenvalue weighted by Gasteiger charge is 2.23. The minimum atomic E-state index is -1.00.